The van der Waals surface area contributed by atoms with Crippen molar-refractivity contribution in [2.75, 3.05) is 19.0 Å². The Morgan fingerprint density at radius 2 is 1.97 bits per heavy atom. The summed E-state index contributed by atoms with van der Waals surface area (Å²) < 4.78 is 21.0. The number of carbonyl (C=O) groups excluding carboxylic acids is 3. The third-order valence-corrected chi connectivity index (χ3v) is 6.39. The van der Waals surface area contributed by atoms with Crippen molar-refractivity contribution in [3.63, 3.8) is 0 Å². The van der Waals surface area contributed by atoms with Gasteiger partial charge in [0.05, 0.1) is 0 Å². The van der Waals surface area contributed by atoms with Crippen LogP contribution in [0.15, 0.2) is 42.5 Å². The molecule has 12 heteroatoms. The average Bonchev–Trinajstić information content (AvgIpc) is 2.68. The van der Waals surface area contributed by atoms with Crippen molar-refractivity contribution in [1.82, 2.24) is 10.2 Å². The number of ether oxygens (including phenoxy) is 2. The maximum absolute atomic E-state index is 12.6. The maximum atomic E-state index is 12.6. The smallest absolute Gasteiger partial charge is 0.333 e. The fraction of sp³-hybridized carbons (Fsp3) is 0.389. The zero-order chi connectivity index (χ0) is 22.1. The van der Waals surface area contributed by atoms with Crippen LogP contribution in [0.5, 0.6) is 5.75 Å². The van der Waals surface area contributed by atoms with Gasteiger partial charge in [-0.2, -0.15) is 0 Å². The molecular formula is C18H17Cl3N2O6S. The second kappa shape index (κ2) is 9.23. The molecule has 162 valence electrons. The summed E-state index contributed by atoms with van der Waals surface area (Å²) in [7, 11) is 0. The molecule has 2 fully saturated rings. The zero-order valence-electron chi connectivity index (χ0n) is 15.4. The van der Waals surface area contributed by atoms with Gasteiger partial charge < -0.3 is 19.3 Å². The molecule has 4 atom stereocenters. The third-order valence-electron chi connectivity index (χ3n) is 4.37. The van der Waals surface area contributed by atoms with Gasteiger partial charge in [-0.3, -0.25) is 14.5 Å². The van der Waals surface area contributed by atoms with Crippen LogP contribution in [0.1, 0.15) is 0 Å². The van der Waals surface area contributed by atoms with Gasteiger partial charge in [-0.25, -0.2) is 4.79 Å². The van der Waals surface area contributed by atoms with Crippen molar-refractivity contribution in [1.29, 1.82) is 0 Å². The highest BCUT2D eigenvalue weighted by molar-refractivity contribution is 7.92. The van der Waals surface area contributed by atoms with Crippen molar-refractivity contribution < 1.29 is 28.4 Å². The number of para-hydroxylation sites is 1. The van der Waals surface area contributed by atoms with Crippen molar-refractivity contribution in [3.05, 3.63) is 42.5 Å². The number of fused-ring (bicyclic) bond motifs is 1. The Labute approximate surface area is 190 Å². The summed E-state index contributed by atoms with van der Waals surface area (Å²) in [6, 6.07) is 6.45. The second-order valence-electron chi connectivity index (χ2n) is 6.59. The van der Waals surface area contributed by atoms with Gasteiger partial charge in [-0.1, -0.05) is 59.6 Å². The SMILES string of the molecule is C=C1C[S+]([O-])[C@@H]2C(NC(=O)COc3ccccc3)C(=O)N2C1C(=O)OCC(Cl)(Cl)Cl. The number of hydrogen-bond acceptors (Lipinski definition) is 6. The molecule has 1 N–H and O–H groups in total. The quantitative estimate of drug-likeness (QED) is 0.210. The van der Waals surface area contributed by atoms with Crippen LogP contribution in [0.3, 0.4) is 0 Å². The van der Waals surface area contributed by atoms with E-state index in [1.807, 2.05) is 0 Å². The first-order chi connectivity index (χ1) is 14.1. The molecule has 2 aliphatic rings. The van der Waals surface area contributed by atoms with E-state index in [2.05, 4.69) is 11.9 Å². The minimum Gasteiger partial charge on any atom is -0.614 e. The Hall–Kier alpha value is -1.65. The van der Waals surface area contributed by atoms with Gasteiger partial charge in [0.2, 0.25) is 9.17 Å². The normalized spacial score (nSPS) is 25.8. The van der Waals surface area contributed by atoms with Crippen LogP contribution >= 0.6 is 34.8 Å². The Morgan fingerprint density at radius 3 is 2.60 bits per heavy atom. The maximum Gasteiger partial charge on any atom is 0.333 e. The summed E-state index contributed by atoms with van der Waals surface area (Å²) in [4.78, 5) is 38.3. The van der Waals surface area contributed by atoms with Crippen LogP contribution in [0, 0.1) is 0 Å². The topological polar surface area (TPSA) is 108 Å². The number of alkyl halides is 3. The van der Waals surface area contributed by atoms with Gasteiger partial charge in [0.1, 0.15) is 18.1 Å². The van der Waals surface area contributed by atoms with Crippen LogP contribution in [-0.2, 0) is 30.3 Å². The molecule has 3 rings (SSSR count). The van der Waals surface area contributed by atoms with E-state index < -0.39 is 56.8 Å². The first kappa shape index (κ1) is 23.0. The standard InChI is InChI=1S/C18H17Cl3N2O6S/c1-10-8-30(27)16-13(22-12(24)7-28-11-5-3-2-4-6-11)15(25)23(16)14(10)17(26)29-9-18(19,20)21/h2-6,13-14,16H,1,7-9H2,(H,22,24)/t13?,14?,16-,30?/m1/s1. The number of rotatable bonds is 6. The fourth-order valence-electron chi connectivity index (χ4n) is 3.11. The summed E-state index contributed by atoms with van der Waals surface area (Å²) in [6.45, 7) is 2.87. The van der Waals surface area contributed by atoms with Gasteiger partial charge in [-0.15, -0.1) is 0 Å². The molecule has 1 aromatic rings. The van der Waals surface area contributed by atoms with Crippen LogP contribution < -0.4 is 10.1 Å². The molecule has 2 heterocycles. The molecule has 2 amide bonds. The number of carbonyl (C=O) groups is 3. The summed E-state index contributed by atoms with van der Waals surface area (Å²) in [6.07, 6.45) is 0. The van der Waals surface area contributed by atoms with Crippen LogP contribution in [0.4, 0.5) is 0 Å². The lowest BCUT2D eigenvalue weighted by molar-refractivity contribution is -0.163. The fourth-order valence-corrected chi connectivity index (χ4v) is 4.93. The molecule has 0 spiro atoms. The molecule has 30 heavy (non-hydrogen) atoms. The Morgan fingerprint density at radius 1 is 1.30 bits per heavy atom. The molecule has 1 aromatic carbocycles. The van der Waals surface area contributed by atoms with Gasteiger partial charge in [0.25, 0.3) is 11.8 Å². The molecule has 0 saturated carbocycles. The highest BCUT2D eigenvalue weighted by atomic mass is 35.6. The number of halogens is 3. The van der Waals surface area contributed by atoms with Crippen molar-refractivity contribution in [3.8, 4) is 5.75 Å². The summed E-state index contributed by atoms with van der Waals surface area (Å²) in [5.74, 6) is -1.54. The number of amides is 2. The van der Waals surface area contributed by atoms with Crippen molar-refractivity contribution >= 4 is 63.8 Å². The van der Waals surface area contributed by atoms with E-state index in [-0.39, 0.29) is 17.9 Å². The average molecular weight is 496 g/mol. The number of esters is 1. The first-order valence-electron chi connectivity index (χ1n) is 8.66. The number of nitrogens with zero attached hydrogens (tertiary/aromatic N) is 1. The zero-order valence-corrected chi connectivity index (χ0v) is 18.5. The predicted molar refractivity (Wildman–Crippen MR) is 112 cm³/mol. The summed E-state index contributed by atoms with van der Waals surface area (Å²) in [5, 5.41) is 1.61. The lowest BCUT2D eigenvalue weighted by Crippen LogP contribution is -2.78. The van der Waals surface area contributed by atoms with E-state index in [0.717, 1.165) is 4.90 Å². The van der Waals surface area contributed by atoms with Crippen LogP contribution in [0.2, 0.25) is 0 Å². The predicted octanol–water partition coefficient (Wildman–Crippen LogP) is 1.32. The summed E-state index contributed by atoms with van der Waals surface area (Å²) in [5.41, 5.74) is 0.240. The molecular weight excluding hydrogens is 479 g/mol. The number of nitrogens with one attached hydrogen (secondary N) is 1. The molecule has 3 unspecified atom stereocenters. The van der Waals surface area contributed by atoms with E-state index in [1.54, 1.807) is 30.3 Å². The van der Waals surface area contributed by atoms with Gasteiger partial charge in [0.15, 0.2) is 18.7 Å². The van der Waals surface area contributed by atoms with E-state index in [9.17, 15) is 18.9 Å². The summed E-state index contributed by atoms with van der Waals surface area (Å²) >= 11 is 15.2. The molecule has 0 bridgehead atoms. The highest BCUT2D eigenvalue weighted by Crippen LogP contribution is 2.37. The molecule has 0 aromatic heterocycles. The van der Waals surface area contributed by atoms with Crippen LogP contribution in [0.25, 0.3) is 0 Å². The second-order valence-corrected chi connectivity index (χ2v) is 10.6. The number of β-lactam (4-membered cyclic amide) rings is 1. The molecule has 0 aliphatic carbocycles. The lowest BCUT2D eigenvalue weighted by atomic mass is 9.98. The molecule has 2 saturated heterocycles. The first-order valence-corrected chi connectivity index (χ1v) is 11.2. The van der Waals surface area contributed by atoms with Crippen molar-refractivity contribution in [2.45, 2.75) is 21.3 Å². The Bertz CT molecular complexity index is 850. The van der Waals surface area contributed by atoms with Gasteiger partial charge in [-0.05, 0) is 23.3 Å². The van der Waals surface area contributed by atoms with E-state index >= 15 is 0 Å². The lowest BCUT2D eigenvalue weighted by Gasteiger charge is -2.52. The van der Waals surface area contributed by atoms with E-state index in [0.29, 0.717) is 5.75 Å². The highest BCUT2D eigenvalue weighted by Gasteiger charge is 2.63. The largest absolute Gasteiger partial charge is 0.614 e. The Kier molecular flexibility index (Phi) is 7.09. The third kappa shape index (κ3) is 5.15. The minimum atomic E-state index is -1.82. The van der Waals surface area contributed by atoms with Gasteiger partial charge in [0, 0.05) is 5.57 Å². The molecule has 8 nitrogen and oxygen atoms in total. The monoisotopic (exact) mass is 494 g/mol. The van der Waals surface area contributed by atoms with Crippen LogP contribution in [-0.4, -0.2) is 67.5 Å². The van der Waals surface area contributed by atoms with E-state index in [1.165, 1.54) is 0 Å². The van der Waals surface area contributed by atoms with E-state index in [4.69, 9.17) is 44.3 Å². The molecule has 0 radical (unpaired) electrons. The number of hydrogen-bond donors (Lipinski definition) is 1. The minimum absolute atomic E-state index is 0.0329. The number of benzene rings is 1. The van der Waals surface area contributed by atoms with Crippen molar-refractivity contribution in [2.24, 2.45) is 0 Å². The Balaban J connectivity index is 1.62. The molecule has 2 aliphatic heterocycles. The van der Waals surface area contributed by atoms with Gasteiger partial charge >= 0.3 is 5.97 Å².